The molecular formula is C35H46N2O3S. The van der Waals surface area contributed by atoms with Gasteiger partial charge in [0.15, 0.2) is 0 Å². The predicted molar refractivity (Wildman–Crippen MR) is 169 cm³/mol. The van der Waals surface area contributed by atoms with Gasteiger partial charge in [-0.3, -0.25) is 4.79 Å². The number of thiazole rings is 1. The fourth-order valence-corrected chi connectivity index (χ4v) is 7.51. The van der Waals surface area contributed by atoms with Crippen molar-refractivity contribution in [1.29, 1.82) is 0 Å². The van der Waals surface area contributed by atoms with Crippen LogP contribution in [0.2, 0.25) is 0 Å². The number of aliphatic hydroxyl groups excluding tert-OH is 1. The fraction of sp³-hybridized carbons (Fsp3) is 0.543. The molecular weight excluding hydrogens is 528 g/mol. The van der Waals surface area contributed by atoms with Crippen molar-refractivity contribution < 1.29 is 14.6 Å². The Hall–Kier alpha value is -2.70. The number of hydrogen-bond acceptors (Lipinski definition) is 5. The number of nitrogens with zero attached hydrogens (tertiary/aromatic N) is 2. The lowest BCUT2D eigenvalue weighted by Crippen LogP contribution is -2.41. The van der Waals surface area contributed by atoms with Crippen LogP contribution in [0.25, 0.3) is 10.4 Å². The van der Waals surface area contributed by atoms with Crippen LogP contribution in [0.1, 0.15) is 94.2 Å². The minimum Gasteiger partial charge on any atom is -0.496 e. The number of methoxy groups -OCH3 is 1. The maximum atomic E-state index is 14.1. The van der Waals surface area contributed by atoms with Gasteiger partial charge in [-0.05, 0) is 105 Å². The van der Waals surface area contributed by atoms with Crippen molar-refractivity contribution in [2.75, 3.05) is 18.6 Å². The summed E-state index contributed by atoms with van der Waals surface area (Å²) >= 11 is 1.74. The van der Waals surface area contributed by atoms with Crippen LogP contribution < -0.4 is 9.64 Å². The molecule has 220 valence electrons. The Morgan fingerprint density at radius 3 is 2.39 bits per heavy atom. The number of aliphatic hydroxyl groups is 1. The van der Waals surface area contributed by atoms with Gasteiger partial charge in [0.2, 0.25) is 5.91 Å². The summed E-state index contributed by atoms with van der Waals surface area (Å²) in [6.07, 6.45) is 9.19. The van der Waals surface area contributed by atoms with E-state index >= 15 is 0 Å². The molecule has 0 bridgehead atoms. The lowest BCUT2D eigenvalue weighted by atomic mass is 9.78. The number of amides is 1. The highest BCUT2D eigenvalue weighted by atomic mass is 32.1. The van der Waals surface area contributed by atoms with Crippen LogP contribution in [0, 0.1) is 18.8 Å². The van der Waals surface area contributed by atoms with Gasteiger partial charge in [-0.2, -0.15) is 0 Å². The van der Waals surface area contributed by atoms with Crippen molar-refractivity contribution in [3.63, 3.8) is 0 Å². The van der Waals surface area contributed by atoms with Crippen LogP contribution in [0.15, 0.2) is 48.7 Å². The Morgan fingerprint density at radius 1 is 1.02 bits per heavy atom. The van der Waals surface area contributed by atoms with Gasteiger partial charge < -0.3 is 14.7 Å². The first-order valence-electron chi connectivity index (χ1n) is 15.3. The molecule has 0 aliphatic heterocycles. The number of carbonyl (C=O) groups excluding carboxylic acids is 1. The van der Waals surface area contributed by atoms with Crippen molar-refractivity contribution in [3.05, 3.63) is 64.8 Å². The number of aryl methyl sites for hydroxylation is 1. The largest absolute Gasteiger partial charge is 0.496 e. The number of anilines is 1. The van der Waals surface area contributed by atoms with E-state index in [1.807, 2.05) is 6.20 Å². The van der Waals surface area contributed by atoms with Crippen molar-refractivity contribution in [1.82, 2.24) is 4.98 Å². The van der Waals surface area contributed by atoms with Crippen molar-refractivity contribution in [2.45, 2.75) is 96.5 Å². The molecule has 0 saturated heterocycles. The zero-order valence-corrected chi connectivity index (χ0v) is 26.2. The third-order valence-electron chi connectivity index (χ3n) is 9.08. The van der Waals surface area contributed by atoms with Gasteiger partial charge >= 0.3 is 0 Å². The molecule has 1 amide bonds. The number of hydrogen-bond donors (Lipinski definition) is 1. The molecule has 3 aromatic rings. The monoisotopic (exact) mass is 574 g/mol. The minimum absolute atomic E-state index is 0.0113. The summed E-state index contributed by atoms with van der Waals surface area (Å²) in [5.74, 6) is 2.19. The molecule has 1 aromatic heterocycles. The molecule has 0 radical (unpaired) electrons. The number of ether oxygens (including phenoxy) is 1. The van der Waals surface area contributed by atoms with Crippen molar-refractivity contribution in [3.8, 4) is 16.2 Å². The summed E-state index contributed by atoms with van der Waals surface area (Å²) in [6.45, 7) is 9.45. The molecule has 6 heteroatoms. The van der Waals surface area contributed by atoms with Gasteiger partial charge in [-0.25, -0.2) is 4.98 Å². The summed E-state index contributed by atoms with van der Waals surface area (Å²) in [7, 11) is 1.73. The normalized spacial score (nSPS) is 23.3. The predicted octanol–water partition coefficient (Wildman–Crippen LogP) is 8.28. The molecule has 5 rings (SSSR count). The molecule has 2 fully saturated rings. The van der Waals surface area contributed by atoms with E-state index in [4.69, 9.17) is 9.72 Å². The van der Waals surface area contributed by atoms with Gasteiger partial charge in [-0.1, -0.05) is 45.0 Å². The Kier molecular flexibility index (Phi) is 9.20. The molecule has 2 aliphatic rings. The summed E-state index contributed by atoms with van der Waals surface area (Å²) in [5, 5.41) is 11.2. The van der Waals surface area contributed by atoms with Gasteiger partial charge in [-0.15, -0.1) is 11.3 Å². The average Bonchev–Trinajstić information content (AvgIpc) is 3.48. The third kappa shape index (κ3) is 7.03. The van der Waals surface area contributed by atoms with Gasteiger partial charge in [0.05, 0.1) is 23.1 Å². The number of aromatic nitrogens is 1. The quantitative estimate of drug-likeness (QED) is 0.308. The molecule has 41 heavy (non-hydrogen) atoms. The first kappa shape index (κ1) is 29.8. The maximum absolute atomic E-state index is 14.1. The first-order valence-corrected chi connectivity index (χ1v) is 16.1. The van der Waals surface area contributed by atoms with Crippen LogP contribution in [0.5, 0.6) is 5.75 Å². The molecule has 0 atom stereocenters. The molecule has 5 nitrogen and oxygen atoms in total. The summed E-state index contributed by atoms with van der Waals surface area (Å²) in [5.41, 5.74) is 4.71. The lowest BCUT2D eigenvalue weighted by molar-refractivity contribution is -0.124. The third-order valence-corrected chi connectivity index (χ3v) is 10.6. The van der Waals surface area contributed by atoms with Gasteiger partial charge in [0.1, 0.15) is 5.75 Å². The second-order valence-electron chi connectivity index (χ2n) is 13.2. The summed E-state index contributed by atoms with van der Waals surface area (Å²) < 4.78 is 5.47. The summed E-state index contributed by atoms with van der Waals surface area (Å²) in [6, 6.07) is 15.1. The molecule has 0 unspecified atom stereocenters. The first-order chi connectivity index (χ1) is 19.6. The van der Waals surface area contributed by atoms with Crippen LogP contribution in [0.4, 0.5) is 5.69 Å². The molecule has 2 saturated carbocycles. The van der Waals surface area contributed by atoms with E-state index in [-0.39, 0.29) is 23.3 Å². The van der Waals surface area contributed by atoms with Crippen molar-refractivity contribution >= 4 is 22.9 Å². The number of rotatable bonds is 7. The SMILES string of the molecule is COc1ccc([C@H]2CC[C@H](CN(c3cccc(-c4cnc(C(C)(C)C)s4)c3)C(=O)[C@H]3CC[C@H](O)CC3)CC2)cc1C. The fourth-order valence-electron chi connectivity index (χ4n) is 6.54. The van der Waals surface area contributed by atoms with E-state index in [0.717, 1.165) is 72.0 Å². The van der Waals surface area contributed by atoms with E-state index in [1.54, 1.807) is 18.4 Å². The van der Waals surface area contributed by atoms with E-state index in [2.05, 4.69) is 75.1 Å². The van der Waals surface area contributed by atoms with Crippen LogP contribution in [-0.4, -0.2) is 35.8 Å². The lowest BCUT2D eigenvalue weighted by Gasteiger charge is -2.36. The minimum atomic E-state index is -0.268. The van der Waals surface area contributed by atoms with E-state index < -0.39 is 0 Å². The second-order valence-corrected chi connectivity index (χ2v) is 14.3. The number of carbonyl (C=O) groups is 1. The van der Waals surface area contributed by atoms with Gasteiger partial charge in [0, 0.05) is 29.8 Å². The van der Waals surface area contributed by atoms with Crippen LogP contribution in [-0.2, 0) is 10.2 Å². The van der Waals surface area contributed by atoms with Crippen LogP contribution in [0.3, 0.4) is 0 Å². The zero-order chi connectivity index (χ0) is 29.1. The van der Waals surface area contributed by atoms with Crippen molar-refractivity contribution in [2.24, 2.45) is 11.8 Å². The van der Waals surface area contributed by atoms with Crippen LogP contribution >= 0.6 is 11.3 Å². The highest BCUT2D eigenvalue weighted by Gasteiger charge is 2.32. The smallest absolute Gasteiger partial charge is 0.230 e. The van der Waals surface area contributed by atoms with E-state index in [0.29, 0.717) is 24.7 Å². The Balaban J connectivity index is 1.34. The molecule has 0 spiro atoms. The molecule has 2 aromatic carbocycles. The Labute approximate surface area is 250 Å². The maximum Gasteiger partial charge on any atom is 0.230 e. The Morgan fingerprint density at radius 2 is 1.76 bits per heavy atom. The van der Waals surface area contributed by atoms with E-state index in [1.165, 1.54) is 11.1 Å². The Bertz CT molecular complexity index is 1330. The summed E-state index contributed by atoms with van der Waals surface area (Å²) in [4.78, 5) is 22.0. The second kappa shape index (κ2) is 12.7. The topological polar surface area (TPSA) is 62.7 Å². The highest BCUT2D eigenvalue weighted by Crippen LogP contribution is 2.40. The van der Waals surface area contributed by atoms with E-state index in [9.17, 15) is 9.90 Å². The number of benzene rings is 2. The molecule has 2 aliphatic carbocycles. The highest BCUT2D eigenvalue weighted by molar-refractivity contribution is 7.15. The standard InChI is InChI=1S/C35H46N2O3S/c1-23-19-27(15-18-31(23)40-5)25-11-9-24(10-12-25)22-37(33(39)26-13-16-30(38)17-14-26)29-8-6-7-28(20-29)32-21-36-34(41-32)35(2,3)4/h6-8,15,18-21,24-26,30,38H,9-14,16-17,22H2,1-5H3/t24-,25-,26-,30-. The zero-order valence-electron chi connectivity index (χ0n) is 25.4. The molecule has 1 N–H and O–H groups in total. The molecule has 1 heterocycles. The van der Waals surface area contributed by atoms with Gasteiger partial charge in [0.25, 0.3) is 0 Å². The average molecular weight is 575 g/mol.